The molecule has 0 N–H and O–H groups in total. The van der Waals surface area contributed by atoms with Crippen molar-refractivity contribution < 1.29 is 32.3 Å². The first-order chi connectivity index (χ1) is 8.81. The smallest absolute Gasteiger partial charge is 0.494 e. The van der Waals surface area contributed by atoms with Gasteiger partial charge in [0.2, 0.25) is 0 Å². The summed E-state index contributed by atoms with van der Waals surface area (Å²) in [6, 6.07) is 0. The molecular formula is C10H22O7Si. The molecule has 0 aromatic heterocycles. The third-order valence-corrected chi connectivity index (χ3v) is 2.64. The van der Waals surface area contributed by atoms with E-state index in [2.05, 4.69) is 0 Å². The molecular weight excluding hydrogens is 260 g/mol. The van der Waals surface area contributed by atoms with Gasteiger partial charge in [0.05, 0.1) is 52.9 Å². The number of hydrogen-bond donors (Lipinski definition) is 0. The summed E-state index contributed by atoms with van der Waals surface area (Å²) in [6.07, 6.45) is 0. The molecule has 0 rings (SSSR count). The fraction of sp³-hybridized carbons (Fsp3) is 1.00. The summed E-state index contributed by atoms with van der Waals surface area (Å²) >= 11 is 0. The van der Waals surface area contributed by atoms with Crippen molar-refractivity contribution in [3.05, 3.63) is 0 Å². The fourth-order valence-electron chi connectivity index (χ4n) is 0.898. The minimum absolute atomic E-state index is 0.242. The summed E-state index contributed by atoms with van der Waals surface area (Å²) < 4.78 is 40.9. The quantitative estimate of drug-likeness (QED) is 0.321. The molecule has 0 amide bonds. The first-order valence-electron chi connectivity index (χ1n) is 5.74. The van der Waals surface area contributed by atoms with Crippen LogP contribution in [-0.4, -0.2) is 76.2 Å². The molecule has 8 heteroatoms. The van der Waals surface area contributed by atoms with Gasteiger partial charge in [0.1, 0.15) is 0 Å². The second-order valence-electron chi connectivity index (χ2n) is 3.16. The van der Waals surface area contributed by atoms with E-state index in [-0.39, 0.29) is 13.2 Å². The summed E-state index contributed by atoms with van der Waals surface area (Å²) in [7, 11) is 0.750. The topological polar surface area (TPSA) is 72.5 Å². The monoisotopic (exact) mass is 282 g/mol. The molecule has 0 aliphatic rings. The molecule has 0 bridgehead atoms. The second-order valence-corrected chi connectivity index (χ2v) is 4.23. The molecule has 0 fully saturated rings. The maximum absolute atomic E-state index is 11.2. The summed E-state index contributed by atoms with van der Waals surface area (Å²) in [6.45, 7) is 3.28. The van der Waals surface area contributed by atoms with Gasteiger partial charge in [-0.3, -0.25) is 4.46 Å². The number of rotatable bonds is 14. The molecule has 0 aromatic carbocycles. The first-order valence-corrected chi connectivity index (χ1v) is 6.96. The molecule has 0 heterocycles. The Bertz CT molecular complexity index is 173. The zero-order valence-corrected chi connectivity index (χ0v) is 12.0. The number of hydrogen-bond acceptors (Lipinski definition) is 7. The van der Waals surface area contributed by atoms with E-state index in [0.29, 0.717) is 39.6 Å². The molecule has 0 saturated heterocycles. The van der Waals surface area contributed by atoms with Gasteiger partial charge in [-0.1, -0.05) is 0 Å². The average molecular weight is 282 g/mol. The van der Waals surface area contributed by atoms with Gasteiger partial charge in [-0.15, -0.1) is 0 Å². The highest BCUT2D eigenvalue weighted by Crippen LogP contribution is 1.84. The Balaban J connectivity index is 3.12. The molecule has 0 aliphatic heterocycles. The van der Waals surface area contributed by atoms with Crippen molar-refractivity contribution in [1.82, 2.24) is 0 Å². The molecule has 0 atom stereocenters. The Labute approximate surface area is 109 Å². The molecule has 0 spiro atoms. The maximum Gasteiger partial charge on any atom is 0.767 e. The lowest BCUT2D eigenvalue weighted by Crippen LogP contribution is -2.19. The van der Waals surface area contributed by atoms with Gasteiger partial charge >= 0.3 is 9.17 Å². The lowest BCUT2D eigenvalue weighted by molar-refractivity contribution is 0.0331. The van der Waals surface area contributed by atoms with Gasteiger partial charge < -0.3 is 27.8 Å². The van der Waals surface area contributed by atoms with Gasteiger partial charge in [0.25, 0.3) is 0 Å². The van der Waals surface area contributed by atoms with Gasteiger partial charge in [0.15, 0.2) is 0 Å². The van der Waals surface area contributed by atoms with Crippen molar-refractivity contribution >= 4 is 9.17 Å². The van der Waals surface area contributed by atoms with E-state index < -0.39 is 9.17 Å². The Kier molecular flexibility index (Phi) is 14.1. The Morgan fingerprint density at radius 2 is 1.06 bits per heavy atom. The minimum Gasteiger partial charge on any atom is -0.494 e. The van der Waals surface area contributed by atoms with Crippen molar-refractivity contribution in [2.75, 3.05) is 67.1 Å². The zero-order valence-electron chi connectivity index (χ0n) is 11.0. The Morgan fingerprint density at radius 3 is 1.44 bits per heavy atom. The van der Waals surface area contributed by atoms with Crippen LogP contribution in [0.2, 0.25) is 0 Å². The van der Waals surface area contributed by atoms with Crippen molar-refractivity contribution in [1.29, 1.82) is 0 Å². The van der Waals surface area contributed by atoms with Crippen LogP contribution in [0.4, 0.5) is 0 Å². The van der Waals surface area contributed by atoms with Crippen LogP contribution >= 0.6 is 0 Å². The predicted octanol–water partition coefficient (Wildman–Crippen LogP) is -0.239. The maximum atomic E-state index is 11.2. The normalized spacial score (nSPS) is 10.3. The molecule has 0 aliphatic carbocycles. The Hall–Kier alpha value is -0.543. The van der Waals surface area contributed by atoms with E-state index in [9.17, 15) is 4.46 Å². The van der Waals surface area contributed by atoms with Crippen molar-refractivity contribution in [3.8, 4) is 0 Å². The van der Waals surface area contributed by atoms with Crippen molar-refractivity contribution in [3.63, 3.8) is 0 Å². The number of methoxy groups -OCH3 is 2. The van der Waals surface area contributed by atoms with Crippen LogP contribution in [0.15, 0.2) is 0 Å². The highest BCUT2D eigenvalue weighted by atomic mass is 28.3. The van der Waals surface area contributed by atoms with E-state index in [1.165, 1.54) is 0 Å². The lowest BCUT2D eigenvalue weighted by Gasteiger charge is -2.07. The molecule has 0 radical (unpaired) electrons. The standard InChI is InChI=1S/C10H22O7Si/c1-12-3-5-14-7-9-16-18(11)17-10-8-15-6-4-13-2/h3-10H2,1-2H3. The third-order valence-electron chi connectivity index (χ3n) is 1.76. The summed E-state index contributed by atoms with van der Waals surface area (Å²) in [5.74, 6) is 0. The second kappa shape index (κ2) is 14.5. The van der Waals surface area contributed by atoms with Gasteiger partial charge in [-0.05, 0) is 0 Å². The highest BCUT2D eigenvalue weighted by Gasteiger charge is 2.09. The fourth-order valence-corrected chi connectivity index (χ4v) is 1.48. The van der Waals surface area contributed by atoms with Gasteiger partial charge in [-0.2, -0.15) is 0 Å². The highest BCUT2D eigenvalue weighted by molar-refractivity contribution is 6.26. The van der Waals surface area contributed by atoms with Crippen LogP contribution < -0.4 is 0 Å². The van der Waals surface area contributed by atoms with Crippen molar-refractivity contribution in [2.24, 2.45) is 0 Å². The van der Waals surface area contributed by atoms with Crippen LogP contribution in [0, 0.1) is 0 Å². The van der Waals surface area contributed by atoms with Crippen LogP contribution in [0.3, 0.4) is 0 Å². The van der Waals surface area contributed by atoms with Crippen LogP contribution in [0.25, 0.3) is 0 Å². The Morgan fingerprint density at radius 1 is 0.667 bits per heavy atom. The summed E-state index contributed by atoms with van der Waals surface area (Å²) in [5, 5.41) is 0. The molecule has 0 saturated carbocycles. The predicted molar refractivity (Wildman–Crippen MR) is 63.7 cm³/mol. The van der Waals surface area contributed by atoms with Gasteiger partial charge in [-0.25, -0.2) is 0 Å². The summed E-state index contributed by atoms with van der Waals surface area (Å²) in [4.78, 5) is 0. The minimum atomic E-state index is -2.45. The van der Waals surface area contributed by atoms with E-state index in [0.717, 1.165) is 0 Å². The average Bonchev–Trinajstić information content (AvgIpc) is 2.38. The molecule has 108 valence electrons. The lowest BCUT2D eigenvalue weighted by atomic mass is 10.7. The SMILES string of the molecule is COCCOCCO[Si](=O)OCCOCCOC. The number of ether oxygens (including phenoxy) is 4. The largest absolute Gasteiger partial charge is 0.767 e. The molecule has 0 aromatic rings. The molecule has 18 heavy (non-hydrogen) atoms. The van der Waals surface area contributed by atoms with E-state index in [1.807, 2.05) is 0 Å². The van der Waals surface area contributed by atoms with E-state index in [4.69, 9.17) is 27.8 Å². The van der Waals surface area contributed by atoms with Crippen LogP contribution in [0.1, 0.15) is 0 Å². The molecule has 7 nitrogen and oxygen atoms in total. The van der Waals surface area contributed by atoms with Crippen LogP contribution in [-0.2, 0) is 32.3 Å². The molecule has 0 unspecified atom stereocenters. The van der Waals surface area contributed by atoms with E-state index in [1.54, 1.807) is 14.2 Å². The van der Waals surface area contributed by atoms with Crippen LogP contribution in [0.5, 0.6) is 0 Å². The van der Waals surface area contributed by atoms with E-state index >= 15 is 0 Å². The summed E-state index contributed by atoms with van der Waals surface area (Å²) in [5.41, 5.74) is 0. The first kappa shape index (κ1) is 17.5. The van der Waals surface area contributed by atoms with Crippen molar-refractivity contribution in [2.45, 2.75) is 0 Å². The van der Waals surface area contributed by atoms with Gasteiger partial charge in [0, 0.05) is 14.2 Å². The zero-order chi connectivity index (χ0) is 13.5. The third kappa shape index (κ3) is 13.5.